The number of esters is 1. The van der Waals surface area contributed by atoms with Crippen LogP contribution >= 0.6 is 22.6 Å². The molecule has 1 amide bonds. The van der Waals surface area contributed by atoms with Gasteiger partial charge in [0.2, 0.25) is 5.91 Å². The van der Waals surface area contributed by atoms with E-state index in [0.717, 1.165) is 0 Å². The first-order valence-electron chi connectivity index (χ1n) is 4.66. The number of nitrogens with one attached hydrogen (secondary N) is 1. The maximum atomic E-state index is 11.6. The minimum atomic E-state index is -0.537. The number of hydrogen-bond acceptors (Lipinski definition) is 4. The van der Waals surface area contributed by atoms with Gasteiger partial charge in [-0.25, -0.2) is 9.78 Å². The van der Waals surface area contributed by atoms with Crippen molar-refractivity contribution >= 4 is 40.2 Å². The standard InChI is InChI=1S/C10H11IN2O3/c1-3-16-10(15)9-7(12-6(2)14)4-5-8(11)13-9/h4-5H,3H2,1-2H3,(H,12,14). The van der Waals surface area contributed by atoms with Crippen molar-refractivity contribution in [1.82, 2.24) is 4.98 Å². The van der Waals surface area contributed by atoms with Crippen LogP contribution in [0.1, 0.15) is 24.3 Å². The van der Waals surface area contributed by atoms with E-state index in [0.29, 0.717) is 9.39 Å². The van der Waals surface area contributed by atoms with Crippen LogP contribution in [0.25, 0.3) is 0 Å². The van der Waals surface area contributed by atoms with Gasteiger partial charge in [-0.2, -0.15) is 0 Å². The Morgan fingerprint density at radius 3 is 2.75 bits per heavy atom. The maximum absolute atomic E-state index is 11.6. The molecule has 0 unspecified atom stereocenters. The molecule has 1 rings (SSSR count). The predicted octanol–water partition coefficient (Wildman–Crippen LogP) is 1.82. The molecule has 0 saturated carbocycles. The van der Waals surface area contributed by atoms with Gasteiger partial charge in [0.1, 0.15) is 3.70 Å². The molecule has 5 nitrogen and oxygen atoms in total. The highest BCUT2D eigenvalue weighted by Gasteiger charge is 2.15. The number of ether oxygens (including phenoxy) is 1. The summed E-state index contributed by atoms with van der Waals surface area (Å²) in [6.45, 7) is 3.35. The van der Waals surface area contributed by atoms with Gasteiger partial charge in [-0.15, -0.1) is 0 Å². The molecule has 1 aromatic rings. The lowest BCUT2D eigenvalue weighted by Crippen LogP contribution is -2.15. The Balaban J connectivity index is 3.07. The third kappa shape index (κ3) is 3.44. The predicted molar refractivity (Wildman–Crippen MR) is 67.2 cm³/mol. The van der Waals surface area contributed by atoms with E-state index in [-0.39, 0.29) is 18.2 Å². The van der Waals surface area contributed by atoms with Gasteiger partial charge in [0.05, 0.1) is 12.3 Å². The molecule has 0 aromatic carbocycles. The molecule has 0 fully saturated rings. The van der Waals surface area contributed by atoms with Gasteiger partial charge >= 0.3 is 5.97 Å². The molecular formula is C10H11IN2O3. The fourth-order valence-corrected chi connectivity index (χ4v) is 1.50. The molecular weight excluding hydrogens is 323 g/mol. The minimum absolute atomic E-state index is 0.129. The molecule has 0 saturated heterocycles. The Morgan fingerprint density at radius 1 is 1.50 bits per heavy atom. The molecule has 86 valence electrons. The molecule has 16 heavy (non-hydrogen) atoms. The summed E-state index contributed by atoms with van der Waals surface area (Å²) >= 11 is 1.99. The van der Waals surface area contributed by atoms with E-state index < -0.39 is 5.97 Å². The normalized spacial score (nSPS) is 9.69. The number of carbonyl (C=O) groups excluding carboxylic acids is 2. The highest BCUT2D eigenvalue weighted by atomic mass is 127. The first-order valence-corrected chi connectivity index (χ1v) is 5.73. The van der Waals surface area contributed by atoms with E-state index in [1.807, 2.05) is 22.6 Å². The first kappa shape index (κ1) is 12.9. The Kier molecular flexibility index (Phi) is 4.66. The van der Waals surface area contributed by atoms with Gasteiger partial charge in [0.25, 0.3) is 0 Å². The lowest BCUT2D eigenvalue weighted by molar-refractivity contribution is -0.114. The van der Waals surface area contributed by atoms with Crippen molar-refractivity contribution in [3.05, 3.63) is 21.5 Å². The summed E-state index contributed by atoms with van der Waals surface area (Å²) in [5.74, 6) is -0.793. The van der Waals surface area contributed by atoms with Crippen LogP contribution < -0.4 is 5.32 Å². The fraction of sp³-hybridized carbons (Fsp3) is 0.300. The average Bonchev–Trinajstić information content (AvgIpc) is 2.20. The Labute approximate surface area is 107 Å². The number of anilines is 1. The molecule has 0 aliphatic carbocycles. The first-order chi connectivity index (χ1) is 7.54. The van der Waals surface area contributed by atoms with E-state index >= 15 is 0 Å². The summed E-state index contributed by atoms with van der Waals surface area (Å²) in [6, 6.07) is 3.33. The van der Waals surface area contributed by atoms with Crippen molar-refractivity contribution in [2.75, 3.05) is 11.9 Å². The van der Waals surface area contributed by atoms with Gasteiger partial charge in [-0.05, 0) is 41.6 Å². The van der Waals surface area contributed by atoms with Gasteiger partial charge in [-0.3, -0.25) is 4.79 Å². The van der Waals surface area contributed by atoms with Crippen LogP contribution in [0.5, 0.6) is 0 Å². The number of rotatable bonds is 3. The molecule has 0 bridgehead atoms. The van der Waals surface area contributed by atoms with Crippen LogP contribution in [0, 0.1) is 3.70 Å². The highest BCUT2D eigenvalue weighted by Crippen LogP contribution is 2.16. The average molecular weight is 334 g/mol. The van der Waals surface area contributed by atoms with E-state index in [9.17, 15) is 9.59 Å². The van der Waals surface area contributed by atoms with E-state index in [1.165, 1.54) is 6.92 Å². The van der Waals surface area contributed by atoms with Crippen LogP contribution in [0.2, 0.25) is 0 Å². The Hall–Kier alpha value is -1.18. The quantitative estimate of drug-likeness (QED) is 0.520. The molecule has 6 heteroatoms. The van der Waals surface area contributed by atoms with Crippen LogP contribution in [-0.4, -0.2) is 23.5 Å². The molecule has 0 radical (unpaired) electrons. The van der Waals surface area contributed by atoms with Crippen molar-refractivity contribution in [1.29, 1.82) is 0 Å². The lowest BCUT2D eigenvalue weighted by Gasteiger charge is -2.08. The number of hydrogen-bond donors (Lipinski definition) is 1. The molecule has 0 spiro atoms. The zero-order valence-electron chi connectivity index (χ0n) is 8.91. The number of carbonyl (C=O) groups is 2. The summed E-state index contributed by atoms with van der Waals surface area (Å²) in [7, 11) is 0. The van der Waals surface area contributed by atoms with Crippen molar-refractivity contribution in [2.24, 2.45) is 0 Å². The summed E-state index contributed by atoms with van der Waals surface area (Å²) in [6.07, 6.45) is 0. The van der Waals surface area contributed by atoms with E-state index in [2.05, 4.69) is 10.3 Å². The second-order valence-electron chi connectivity index (χ2n) is 2.93. The number of halogens is 1. The number of aromatic nitrogens is 1. The van der Waals surface area contributed by atoms with Crippen LogP contribution in [-0.2, 0) is 9.53 Å². The zero-order valence-corrected chi connectivity index (χ0v) is 11.1. The maximum Gasteiger partial charge on any atom is 0.359 e. The summed E-state index contributed by atoms with van der Waals surface area (Å²) in [5.41, 5.74) is 0.496. The third-order valence-electron chi connectivity index (χ3n) is 1.64. The summed E-state index contributed by atoms with van der Waals surface area (Å²) in [5, 5.41) is 2.53. The van der Waals surface area contributed by atoms with E-state index in [4.69, 9.17) is 4.74 Å². The number of nitrogens with zero attached hydrogens (tertiary/aromatic N) is 1. The lowest BCUT2D eigenvalue weighted by atomic mass is 10.3. The van der Waals surface area contributed by atoms with Gasteiger partial charge in [0, 0.05) is 6.92 Å². The monoisotopic (exact) mass is 334 g/mol. The zero-order chi connectivity index (χ0) is 12.1. The number of pyridine rings is 1. The number of amides is 1. The Morgan fingerprint density at radius 2 is 2.19 bits per heavy atom. The van der Waals surface area contributed by atoms with Crippen molar-refractivity contribution in [3.63, 3.8) is 0 Å². The van der Waals surface area contributed by atoms with Gasteiger partial charge < -0.3 is 10.1 Å². The van der Waals surface area contributed by atoms with Crippen molar-refractivity contribution in [3.8, 4) is 0 Å². The summed E-state index contributed by atoms with van der Waals surface area (Å²) < 4.78 is 5.51. The molecule has 0 aliphatic heterocycles. The van der Waals surface area contributed by atoms with Gasteiger partial charge in [0.15, 0.2) is 5.69 Å². The topological polar surface area (TPSA) is 68.3 Å². The third-order valence-corrected chi connectivity index (χ3v) is 2.24. The largest absolute Gasteiger partial charge is 0.461 e. The Bertz CT molecular complexity index is 421. The molecule has 1 heterocycles. The van der Waals surface area contributed by atoms with Crippen LogP contribution in [0.15, 0.2) is 12.1 Å². The van der Waals surface area contributed by atoms with Gasteiger partial charge in [-0.1, -0.05) is 0 Å². The summed E-state index contributed by atoms with van der Waals surface area (Å²) in [4.78, 5) is 26.5. The van der Waals surface area contributed by atoms with Crippen molar-refractivity contribution < 1.29 is 14.3 Å². The van der Waals surface area contributed by atoms with Crippen LogP contribution in [0.3, 0.4) is 0 Å². The SMILES string of the molecule is CCOC(=O)c1nc(I)ccc1NC(C)=O. The fourth-order valence-electron chi connectivity index (χ4n) is 1.08. The second kappa shape index (κ2) is 5.78. The minimum Gasteiger partial charge on any atom is -0.461 e. The molecule has 1 N–H and O–H groups in total. The molecule has 0 atom stereocenters. The molecule has 1 aromatic heterocycles. The van der Waals surface area contributed by atoms with E-state index in [1.54, 1.807) is 19.1 Å². The molecule has 0 aliphatic rings. The van der Waals surface area contributed by atoms with Crippen molar-refractivity contribution in [2.45, 2.75) is 13.8 Å². The smallest absolute Gasteiger partial charge is 0.359 e. The second-order valence-corrected chi connectivity index (χ2v) is 4.04. The van der Waals surface area contributed by atoms with Crippen LogP contribution in [0.4, 0.5) is 5.69 Å². The highest BCUT2D eigenvalue weighted by molar-refractivity contribution is 14.1.